The molecule has 5 heterocycles. The fraction of sp³-hybridized carbons (Fsp3) is 0.940. The molecule has 16 N–H and O–H groups in total. The first-order chi connectivity index (χ1) is 36.3. The molecular weight excluding hydrogens is 1030 g/mol. The fourth-order valence-corrected chi connectivity index (χ4v) is 14.9. The monoisotopic (exact) mass is 1110 g/mol. The normalized spacial score (nSPS) is 55.1. The number of aliphatic hydroxyl groups excluding tert-OH is 16. The lowest BCUT2D eigenvalue weighted by Crippen LogP contribution is -2.68. The minimum absolute atomic E-state index is 0.0497. The number of rotatable bonds is 14. The van der Waals surface area contributed by atoms with Crippen molar-refractivity contribution in [3.05, 3.63) is 12.2 Å². The summed E-state index contributed by atoms with van der Waals surface area (Å²) in [4.78, 5) is 14.9. The van der Waals surface area contributed by atoms with Crippen LogP contribution in [0.3, 0.4) is 0 Å². The van der Waals surface area contributed by atoms with Crippen molar-refractivity contribution >= 4 is 5.97 Å². The largest absolute Gasteiger partial charge is 0.432 e. The topological polar surface area (TPSA) is 433 Å². The summed E-state index contributed by atoms with van der Waals surface area (Å²) in [5.74, 6) is -1.05. The number of carbonyl (C=O) groups excluding carboxylic acids is 1. The average molecular weight is 1110 g/mol. The highest BCUT2D eigenvalue weighted by molar-refractivity contribution is 5.77. The Morgan fingerprint density at radius 2 is 0.987 bits per heavy atom. The molecule has 0 amide bonds. The molecule has 2 bridgehead atoms. The molecule has 442 valence electrons. The van der Waals surface area contributed by atoms with Crippen LogP contribution in [0.1, 0.15) is 78.6 Å². The van der Waals surface area contributed by atoms with Gasteiger partial charge in [0.1, 0.15) is 110 Å². The molecular formula is C50H80O27. The molecule has 9 fully saturated rings. The Balaban J connectivity index is 0.969. The van der Waals surface area contributed by atoms with Crippen LogP contribution in [0.15, 0.2) is 12.2 Å². The second-order valence-electron chi connectivity index (χ2n) is 23.6. The number of fused-ring (bicyclic) bond motifs is 3. The highest BCUT2D eigenvalue weighted by atomic mass is 16.8. The van der Waals surface area contributed by atoms with Crippen molar-refractivity contribution in [1.29, 1.82) is 0 Å². The molecule has 5 aliphatic heterocycles. The van der Waals surface area contributed by atoms with Gasteiger partial charge in [0.25, 0.3) is 0 Å². The summed E-state index contributed by atoms with van der Waals surface area (Å²) in [6.45, 7) is 6.64. The van der Waals surface area contributed by atoms with Gasteiger partial charge in [-0.1, -0.05) is 19.9 Å². The van der Waals surface area contributed by atoms with Gasteiger partial charge in [0.15, 0.2) is 31.3 Å². The fourth-order valence-electron chi connectivity index (χ4n) is 14.9. The molecule has 0 radical (unpaired) electrons. The molecule has 77 heavy (non-hydrogen) atoms. The van der Waals surface area contributed by atoms with Crippen molar-refractivity contribution in [2.75, 3.05) is 26.4 Å². The van der Waals surface area contributed by atoms with E-state index in [-0.39, 0.29) is 11.8 Å². The summed E-state index contributed by atoms with van der Waals surface area (Å²) in [5.41, 5.74) is -2.71. The van der Waals surface area contributed by atoms with Gasteiger partial charge in [-0.15, -0.1) is 0 Å². The highest BCUT2D eigenvalue weighted by Crippen LogP contribution is 2.74. The van der Waals surface area contributed by atoms with Crippen molar-refractivity contribution in [3.8, 4) is 0 Å². The maximum atomic E-state index is 14.9. The van der Waals surface area contributed by atoms with Crippen LogP contribution < -0.4 is 0 Å². The quantitative estimate of drug-likeness (QED) is 0.0437. The van der Waals surface area contributed by atoms with Crippen molar-refractivity contribution in [1.82, 2.24) is 0 Å². The van der Waals surface area contributed by atoms with Crippen LogP contribution in [0, 0.1) is 28.1 Å². The van der Waals surface area contributed by atoms with E-state index in [9.17, 15) is 86.5 Å². The maximum Gasteiger partial charge on any atom is 0.314 e. The summed E-state index contributed by atoms with van der Waals surface area (Å²) in [7, 11) is 0. The molecule has 27 heteroatoms. The van der Waals surface area contributed by atoms with Gasteiger partial charge in [0, 0.05) is 0 Å². The maximum absolute atomic E-state index is 14.9. The number of hydrogen-bond donors (Lipinski definition) is 16. The molecule has 5 saturated heterocycles. The van der Waals surface area contributed by atoms with E-state index in [0.29, 0.717) is 63.4 Å². The zero-order valence-corrected chi connectivity index (χ0v) is 43.1. The van der Waals surface area contributed by atoms with E-state index in [1.807, 2.05) is 6.92 Å². The third kappa shape index (κ3) is 10.3. The third-order valence-corrected chi connectivity index (χ3v) is 19.2. The van der Waals surface area contributed by atoms with Crippen molar-refractivity contribution < 1.29 is 134 Å². The minimum atomic E-state index is -1.98. The summed E-state index contributed by atoms with van der Waals surface area (Å²) in [6, 6.07) is 0. The van der Waals surface area contributed by atoms with Gasteiger partial charge in [-0.25, -0.2) is 0 Å². The Labute approximate surface area is 443 Å². The smallest absolute Gasteiger partial charge is 0.314 e. The Bertz CT molecular complexity index is 2060. The molecule has 4 aliphatic carbocycles. The van der Waals surface area contributed by atoms with Gasteiger partial charge in [-0.2, -0.15) is 0 Å². The van der Waals surface area contributed by atoms with Crippen LogP contribution in [-0.4, -0.2) is 273 Å². The van der Waals surface area contributed by atoms with Crippen LogP contribution in [-0.2, 0) is 52.2 Å². The predicted octanol–water partition coefficient (Wildman–Crippen LogP) is -6.26. The van der Waals surface area contributed by atoms with E-state index in [1.165, 1.54) is 6.92 Å². The Hall–Kier alpha value is -1.79. The number of ether oxygens (including phenoxy) is 10. The molecule has 31 atom stereocenters. The van der Waals surface area contributed by atoms with Gasteiger partial charge in [0.05, 0.1) is 43.5 Å². The van der Waals surface area contributed by atoms with Crippen molar-refractivity contribution in [2.45, 2.75) is 238 Å². The summed E-state index contributed by atoms with van der Waals surface area (Å²) in [6.07, 6.45) is -38.3. The zero-order valence-electron chi connectivity index (χ0n) is 43.1. The molecule has 0 aromatic carbocycles. The first-order valence-corrected chi connectivity index (χ1v) is 26.7. The average Bonchev–Trinajstić information content (AvgIpc) is 3.93. The lowest BCUT2D eigenvalue weighted by Gasteiger charge is -2.64. The standard InChI is InChI=1S/C50H80O27/c1-18-12-49-10-6-24-47(3,8-5-9-48(24,4)46(67)76-44-39(34(63)29(58)22(15-53)71-44)74-41-35(64)31(60)26(55)19(2)68-41)25(49)7-11-50(18,17-49)77-45-40(75-43-37(66)33(62)28(57)21(14-52)70-43)38(30(59)23(16-54)72-45)73-42-36(65)32(61)27(56)20(13-51)69-42/h19-45,51-66H,1,5-17H2,2-4H3/t19-,20-,21-,22-,23-,24+,25+,26-,27-,28-,29-,30-,31+,32+,33+,34+,35-,36-,37-,38+,39-,40-,41+,42+,43+,44+,45+,47-,48-,49-,50+/m1/s1. The van der Waals surface area contributed by atoms with E-state index in [1.54, 1.807) is 0 Å². The van der Waals surface area contributed by atoms with Crippen molar-refractivity contribution in [3.63, 3.8) is 0 Å². The number of aliphatic hydroxyl groups is 16. The minimum Gasteiger partial charge on any atom is -0.432 e. The zero-order chi connectivity index (χ0) is 56.0. The van der Waals surface area contributed by atoms with Gasteiger partial charge in [-0.3, -0.25) is 4.79 Å². The predicted molar refractivity (Wildman–Crippen MR) is 250 cm³/mol. The second-order valence-corrected chi connectivity index (χ2v) is 23.6. The molecule has 9 aliphatic rings. The SMILES string of the molecule is C=C1C[C@@]23CC[C@H]4[C@@](C)(CCC[C@@]4(C)C(=O)O[C@@H]4O[C@H](CO)[C@@H](O)[C@H](O)[C@H]4O[C@@H]4O[C@H](C)[C@@H](O)[C@H](O)[C@H]4O)[C@@H]2CC[C@]1(O[C@@H]1O[C@H](CO)[C@@H](O)[C@H](O[C@@H]2O[C@H](CO)[C@@H](O)[C@H](O)[C@H]2O)[C@H]1O[C@@H]1O[C@H](CO)[C@@H](O)[C@H](O)[C@H]1O)C3. The molecule has 0 aromatic rings. The molecule has 1 spiro atoms. The molecule has 0 aromatic heterocycles. The highest BCUT2D eigenvalue weighted by Gasteiger charge is 2.70. The second kappa shape index (κ2) is 22.8. The first kappa shape index (κ1) is 59.8. The Morgan fingerprint density at radius 3 is 1.56 bits per heavy atom. The lowest BCUT2D eigenvalue weighted by molar-refractivity contribution is -0.400. The molecule has 0 unspecified atom stereocenters. The van der Waals surface area contributed by atoms with E-state index in [0.717, 1.165) is 0 Å². The van der Waals surface area contributed by atoms with Gasteiger partial charge >= 0.3 is 5.97 Å². The van der Waals surface area contributed by atoms with Crippen LogP contribution in [0.2, 0.25) is 0 Å². The van der Waals surface area contributed by atoms with Crippen molar-refractivity contribution in [2.24, 2.45) is 28.1 Å². The Morgan fingerprint density at radius 1 is 0.519 bits per heavy atom. The van der Waals surface area contributed by atoms with Crippen LogP contribution in [0.25, 0.3) is 0 Å². The van der Waals surface area contributed by atoms with E-state index < -0.39 is 208 Å². The van der Waals surface area contributed by atoms with E-state index in [2.05, 4.69) is 13.5 Å². The van der Waals surface area contributed by atoms with Crippen LogP contribution in [0.5, 0.6) is 0 Å². The molecule has 9 rings (SSSR count). The lowest BCUT2D eigenvalue weighted by atomic mass is 9.41. The molecule has 27 nitrogen and oxygen atoms in total. The van der Waals surface area contributed by atoms with E-state index in [4.69, 9.17) is 47.4 Å². The number of esters is 1. The summed E-state index contributed by atoms with van der Waals surface area (Å²) >= 11 is 0. The first-order valence-electron chi connectivity index (χ1n) is 26.7. The number of carbonyl (C=O) groups is 1. The van der Waals surface area contributed by atoms with Crippen LogP contribution in [0.4, 0.5) is 0 Å². The van der Waals surface area contributed by atoms with Crippen LogP contribution >= 0.6 is 0 Å². The van der Waals surface area contributed by atoms with Gasteiger partial charge in [-0.05, 0) is 93.5 Å². The van der Waals surface area contributed by atoms with Gasteiger partial charge in [0.2, 0.25) is 6.29 Å². The Kier molecular flexibility index (Phi) is 17.7. The summed E-state index contributed by atoms with van der Waals surface area (Å²) < 4.78 is 60.5. The van der Waals surface area contributed by atoms with E-state index >= 15 is 0 Å². The third-order valence-electron chi connectivity index (χ3n) is 19.2. The van der Waals surface area contributed by atoms with Gasteiger partial charge < -0.3 is 129 Å². The number of hydrogen-bond acceptors (Lipinski definition) is 27. The molecule has 4 saturated carbocycles. The summed E-state index contributed by atoms with van der Waals surface area (Å²) in [5, 5.41) is 171.